The summed E-state index contributed by atoms with van der Waals surface area (Å²) in [6.45, 7) is 2.04. The fraction of sp³-hybridized carbons (Fsp3) is 1.00. The molecule has 0 aromatic carbocycles. The van der Waals surface area contributed by atoms with Crippen LogP contribution in [0.2, 0.25) is 0 Å². The van der Waals surface area contributed by atoms with E-state index in [0.717, 1.165) is 19.6 Å². The molecule has 0 aromatic heterocycles. The van der Waals surface area contributed by atoms with Gasteiger partial charge in [-0.25, -0.2) is 4.39 Å². The average molecular weight is 161 g/mol. The zero-order valence-electron chi connectivity index (χ0n) is 6.98. The number of nitrogens with one attached hydrogen (secondary N) is 1. The van der Waals surface area contributed by atoms with Crippen molar-refractivity contribution in [3.05, 3.63) is 0 Å². The minimum absolute atomic E-state index is 0.457. The molecule has 66 valence electrons. The highest BCUT2D eigenvalue weighted by Gasteiger charge is 2.19. The van der Waals surface area contributed by atoms with E-state index in [1.165, 1.54) is 0 Å². The molecule has 0 aromatic rings. The molecular weight excluding hydrogens is 145 g/mol. The Kier molecular flexibility index (Phi) is 3.80. The van der Waals surface area contributed by atoms with E-state index in [0.29, 0.717) is 18.9 Å². The van der Waals surface area contributed by atoms with Gasteiger partial charge in [-0.1, -0.05) is 0 Å². The first kappa shape index (κ1) is 8.94. The Balaban J connectivity index is 2.08. The third-order valence-corrected chi connectivity index (χ3v) is 2.04. The molecule has 2 nitrogen and oxygen atoms in total. The molecule has 1 fully saturated rings. The van der Waals surface area contributed by atoms with Crippen molar-refractivity contribution in [1.29, 1.82) is 0 Å². The van der Waals surface area contributed by atoms with Gasteiger partial charge in [0.15, 0.2) is 0 Å². The largest absolute Gasteiger partial charge is 0.381 e. The second kappa shape index (κ2) is 4.67. The Morgan fingerprint density at radius 1 is 1.73 bits per heavy atom. The first-order chi connectivity index (χ1) is 5.33. The summed E-state index contributed by atoms with van der Waals surface area (Å²) >= 11 is 0. The summed E-state index contributed by atoms with van der Waals surface area (Å²) in [6.07, 6.45) is 0.983. The summed E-state index contributed by atoms with van der Waals surface area (Å²) in [5.41, 5.74) is 0. The maximum absolute atomic E-state index is 12.9. The van der Waals surface area contributed by atoms with Crippen LogP contribution in [0.4, 0.5) is 4.39 Å². The topological polar surface area (TPSA) is 21.3 Å². The predicted octanol–water partition coefficient (Wildman–Crippen LogP) is 0.970. The Labute approximate surface area is 67.1 Å². The summed E-state index contributed by atoms with van der Waals surface area (Å²) < 4.78 is 18.1. The maximum Gasteiger partial charge on any atom is 0.113 e. The van der Waals surface area contributed by atoms with Crippen LogP contribution >= 0.6 is 0 Å². The molecule has 3 heteroatoms. The Hall–Kier alpha value is -0.150. The maximum atomic E-state index is 12.9. The van der Waals surface area contributed by atoms with E-state index in [9.17, 15) is 4.39 Å². The van der Waals surface area contributed by atoms with E-state index in [1.807, 2.05) is 0 Å². The fourth-order valence-electron chi connectivity index (χ4n) is 1.44. The van der Waals surface area contributed by atoms with Gasteiger partial charge in [-0.05, 0) is 25.8 Å². The Morgan fingerprint density at radius 3 is 3.09 bits per heavy atom. The molecule has 1 heterocycles. The molecule has 0 amide bonds. The summed E-state index contributed by atoms with van der Waals surface area (Å²) in [4.78, 5) is 0. The van der Waals surface area contributed by atoms with Crippen LogP contribution in [-0.4, -0.2) is 33.0 Å². The molecule has 1 aliphatic rings. The van der Waals surface area contributed by atoms with Gasteiger partial charge in [0.1, 0.15) is 6.17 Å². The smallest absolute Gasteiger partial charge is 0.113 e. The first-order valence-electron chi connectivity index (χ1n) is 4.19. The van der Waals surface area contributed by atoms with Gasteiger partial charge in [0.25, 0.3) is 0 Å². The number of alkyl halides is 1. The highest BCUT2D eigenvalue weighted by molar-refractivity contribution is 4.69. The molecule has 0 unspecified atom stereocenters. The van der Waals surface area contributed by atoms with Crippen LogP contribution in [0.15, 0.2) is 0 Å². The van der Waals surface area contributed by atoms with Crippen molar-refractivity contribution in [1.82, 2.24) is 5.32 Å². The van der Waals surface area contributed by atoms with E-state index in [4.69, 9.17) is 4.74 Å². The number of hydrogen-bond donors (Lipinski definition) is 1. The van der Waals surface area contributed by atoms with Gasteiger partial charge in [-0.3, -0.25) is 0 Å². The lowest BCUT2D eigenvalue weighted by Gasteiger charge is -2.10. The molecule has 0 aliphatic carbocycles. The van der Waals surface area contributed by atoms with Crippen molar-refractivity contribution in [2.75, 3.05) is 26.8 Å². The van der Waals surface area contributed by atoms with Crippen LogP contribution in [0.25, 0.3) is 0 Å². The van der Waals surface area contributed by atoms with E-state index in [-0.39, 0.29) is 0 Å². The molecule has 1 N–H and O–H groups in total. The number of hydrogen-bond acceptors (Lipinski definition) is 2. The summed E-state index contributed by atoms with van der Waals surface area (Å²) in [5, 5.41) is 2.83. The summed E-state index contributed by atoms with van der Waals surface area (Å²) in [6, 6.07) is 0. The van der Waals surface area contributed by atoms with Crippen LogP contribution in [0, 0.1) is 5.92 Å². The van der Waals surface area contributed by atoms with Gasteiger partial charge in [-0.2, -0.15) is 0 Å². The molecule has 1 saturated heterocycles. The van der Waals surface area contributed by atoms with E-state index >= 15 is 0 Å². The quantitative estimate of drug-likeness (QED) is 0.663. The van der Waals surface area contributed by atoms with Crippen LogP contribution in [0.5, 0.6) is 0 Å². The first-order valence-corrected chi connectivity index (χ1v) is 4.19. The van der Waals surface area contributed by atoms with Gasteiger partial charge in [-0.15, -0.1) is 0 Å². The molecule has 1 rings (SSSR count). The van der Waals surface area contributed by atoms with Crippen LogP contribution in [0.3, 0.4) is 0 Å². The van der Waals surface area contributed by atoms with Crippen LogP contribution in [-0.2, 0) is 4.74 Å². The summed E-state index contributed by atoms with van der Waals surface area (Å²) in [7, 11) is 1.78. The second-order valence-corrected chi connectivity index (χ2v) is 3.12. The summed E-state index contributed by atoms with van der Waals surface area (Å²) in [5.74, 6) is 0.457. The van der Waals surface area contributed by atoms with Crippen molar-refractivity contribution < 1.29 is 9.13 Å². The third-order valence-electron chi connectivity index (χ3n) is 2.04. The predicted molar refractivity (Wildman–Crippen MR) is 42.4 cm³/mol. The molecule has 0 spiro atoms. The molecule has 1 aliphatic heterocycles. The molecule has 0 saturated carbocycles. The van der Waals surface area contributed by atoms with E-state index in [1.54, 1.807) is 7.05 Å². The van der Waals surface area contributed by atoms with E-state index < -0.39 is 6.17 Å². The number of halogens is 1. The molecule has 11 heavy (non-hydrogen) atoms. The van der Waals surface area contributed by atoms with Gasteiger partial charge in [0, 0.05) is 19.8 Å². The van der Waals surface area contributed by atoms with Crippen molar-refractivity contribution in [3.63, 3.8) is 0 Å². The zero-order chi connectivity index (χ0) is 8.10. The standard InChI is InChI=1S/C8H16FNO/c1-10-5-8(9)4-7-2-3-11-6-7/h7-8,10H,2-6H2,1H3/t7-,8-/m0/s1. The molecule has 0 bridgehead atoms. The third kappa shape index (κ3) is 3.16. The lowest BCUT2D eigenvalue weighted by molar-refractivity contribution is 0.173. The van der Waals surface area contributed by atoms with Crippen LogP contribution < -0.4 is 5.32 Å². The van der Waals surface area contributed by atoms with Gasteiger partial charge < -0.3 is 10.1 Å². The molecular formula is C8H16FNO. The average Bonchev–Trinajstić information content (AvgIpc) is 2.40. The van der Waals surface area contributed by atoms with Crippen LogP contribution in [0.1, 0.15) is 12.8 Å². The monoisotopic (exact) mass is 161 g/mol. The van der Waals surface area contributed by atoms with Crippen molar-refractivity contribution in [2.45, 2.75) is 19.0 Å². The number of ether oxygens (including phenoxy) is 1. The highest BCUT2D eigenvalue weighted by Crippen LogP contribution is 2.18. The highest BCUT2D eigenvalue weighted by atomic mass is 19.1. The van der Waals surface area contributed by atoms with Gasteiger partial charge in [0.05, 0.1) is 0 Å². The second-order valence-electron chi connectivity index (χ2n) is 3.12. The van der Waals surface area contributed by atoms with Gasteiger partial charge in [0.2, 0.25) is 0 Å². The zero-order valence-corrected chi connectivity index (χ0v) is 6.98. The van der Waals surface area contributed by atoms with Gasteiger partial charge >= 0.3 is 0 Å². The minimum Gasteiger partial charge on any atom is -0.381 e. The fourth-order valence-corrected chi connectivity index (χ4v) is 1.44. The lowest BCUT2D eigenvalue weighted by Crippen LogP contribution is -2.22. The van der Waals surface area contributed by atoms with Crippen molar-refractivity contribution in [3.8, 4) is 0 Å². The Bertz CT molecular complexity index is 104. The molecule has 0 radical (unpaired) electrons. The van der Waals surface area contributed by atoms with E-state index in [2.05, 4.69) is 5.32 Å². The lowest BCUT2D eigenvalue weighted by atomic mass is 10.0. The van der Waals surface area contributed by atoms with Crippen molar-refractivity contribution >= 4 is 0 Å². The SMILES string of the molecule is CNC[C@@H](F)C[C@@H]1CCOC1. The Morgan fingerprint density at radius 2 is 2.55 bits per heavy atom. The molecule has 2 atom stereocenters. The minimum atomic E-state index is -0.702. The normalized spacial score (nSPS) is 27.3. The van der Waals surface area contributed by atoms with Crippen molar-refractivity contribution in [2.24, 2.45) is 5.92 Å². The number of rotatable bonds is 4.